The number of aromatic nitrogens is 2. The van der Waals surface area contributed by atoms with E-state index in [-0.39, 0.29) is 5.91 Å². The van der Waals surface area contributed by atoms with Crippen molar-refractivity contribution in [3.05, 3.63) is 120 Å². The first-order chi connectivity index (χ1) is 14.3. The van der Waals surface area contributed by atoms with E-state index in [0.717, 1.165) is 22.4 Å². The van der Waals surface area contributed by atoms with Gasteiger partial charge in [-0.05, 0) is 41.0 Å². The van der Waals surface area contributed by atoms with Gasteiger partial charge >= 0.3 is 0 Å². The van der Waals surface area contributed by atoms with Crippen molar-refractivity contribution in [2.24, 2.45) is 0 Å². The second-order valence-corrected chi connectivity index (χ2v) is 6.63. The van der Waals surface area contributed by atoms with Gasteiger partial charge in [0.1, 0.15) is 0 Å². The smallest absolute Gasteiger partial charge is 0.252 e. The minimum atomic E-state index is -0.101. The van der Waals surface area contributed by atoms with E-state index >= 15 is 0 Å². The minimum Gasteiger partial charge on any atom is -0.348 e. The second kappa shape index (κ2) is 8.85. The van der Waals surface area contributed by atoms with E-state index in [9.17, 15) is 4.79 Å². The Morgan fingerprint density at radius 1 is 0.862 bits per heavy atom. The first-order valence-corrected chi connectivity index (χ1v) is 9.49. The third-order valence-electron chi connectivity index (χ3n) is 4.60. The molecule has 1 aromatic heterocycles. The highest BCUT2D eigenvalue weighted by atomic mass is 16.1. The number of nitrogens with zero attached hydrogens (tertiary/aromatic N) is 2. The van der Waals surface area contributed by atoms with Gasteiger partial charge in [-0.15, -0.1) is 0 Å². The summed E-state index contributed by atoms with van der Waals surface area (Å²) in [5, 5.41) is 7.27. The van der Waals surface area contributed by atoms with E-state index in [4.69, 9.17) is 0 Å². The molecule has 0 bridgehead atoms. The number of carbonyl (C=O) groups excluding carboxylic acids is 1. The molecule has 0 fully saturated rings. The monoisotopic (exact) mass is 379 g/mol. The molecule has 0 atom stereocenters. The van der Waals surface area contributed by atoms with Crippen LogP contribution < -0.4 is 5.32 Å². The zero-order chi connectivity index (χ0) is 19.9. The highest BCUT2D eigenvalue weighted by Crippen LogP contribution is 2.19. The summed E-state index contributed by atoms with van der Waals surface area (Å²) in [6.45, 7) is 0.456. The normalized spacial score (nSPS) is 11.2. The average molecular weight is 379 g/mol. The van der Waals surface area contributed by atoms with Gasteiger partial charge in [-0.1, -0.05) is 72.8 Å². The van der Waals surface area contributed by atoms with Gasteiger partial charge < -0.3 is 5.32 Å². The van der Waals surface area contributed by atoms with Crippen molar-refractivity contribution in [1.82, 2.24) is 15.1 Å². The van der Waals surface area contributed by atoms with Crippen molar-refractivity contribution in [1.29, 1.82) is 0 Å². The zero-order valence-electron chi connectivity index (χ0n) is 15.9. The van der Waals surface area contributed by atoms with Crippen LogP contribution in [0.5, 0.6) is 0 Å². The fraction of sp³-hybridized carbons (Fsp3) is 0.0400. The molecule has 4 heteroatoms. The van der Waals surface area contributed by atoms with Crippen LogP contribution in [0.25, 0.3) is 17.3 Å². The summed E-state index contributed by atoms with van der Waals surface area (Å²) >= 11 is 0. The summed E-state index contributed by atoms with van der Waals surface area (Å²) in [5.74, 6) is -0.101. The number of rotatable bonds is 6. The van der Waals surface area contributed by atoms with Crippen LogP contribution in [0.3, 0.4) is 0 Å². The Morgan fingerprint density at radius 3 is 2.21 bits per heavy atom. The Morgan fingerprint density at radius 2 is 1.55 bits per heavy atom. The molecule has 142 valence electrons. The molecule has 1 heterocycles. The van der Waals surface area contributed by atoms with Crippen LogP contribution in [0, 0.1) is 0 Å². The van der Waals surface area contributed by atoms with Crippen molar-refractivity contribution >= 4 is 17.6 Å². The molecular weight excluding hydrogens is 358 g/mol. The van der Waals surface area contributed by atoms with Gasteiger partial charge in [-0.25, -0.2) is 4.68 Å². The van der Waals surface area contributed by atoms with Gasteiger partial charge in [0, 0.05) is 24.5 Å². The lowest BCUT2D eigenvalue weighted by Crippen LogP contribution is -2.23. The van der Waals surface area contributed by atoms with Gasteiger partial charge in [0.15, 0.2) is 0 Å². The Bertz CT molecular complexity index is 1080. The van der Waals surface area contributed by atoms with Crippen LogP contribution in [0.4, 0.5) is 0 Å². The van der Waals surface area contributed by atoms with Crippen molar-refractivity contribution in [2.75, 3.05) is 0 Å². The van der Waals surface area contributed by atoms with Gasteiger partial charge in [0.25, 0.3) is 5.91 Å². The molecule has 0 saturated carbocycles. The van der Waals surface area contributed by atoms with Gasteiger partial charge in [-0.3, -0.25) is 4.79 Å². The molecule has 4 rings (SSSR count). The lowest BCUT2D eigenvalue weighted by molar-refractivity contribution is -0.115. The summed E-state index contributed by atoms with van der Waals surface area (Å²) < 4.78 is 1.80. The molecule has 0 spiro atoms. The Kier molecular flexibility index (Phi) is 5.63. The maximum atomic E-state index is 13.0. The summed E-state index contributed by atoms with van der Waals surface area (Å²) in [6, 6.07) is 29.5. The third-order valence-corrected chi connectivity index (χ3v) is 4.60. The van der Waals surface area contributed by atoms with Crippen LogP contribution in [-0.2, 0) is 11.3 Å². The molecule has 1 amide bonds. The van der Waals surface area contributed by atoms with Gasteiger partial charge in [0.2, 0.25) is 0 Å². The van der Waals surface area contributed by atoms with Crippen molar-refractivity contribution < 1.29 is 4.79 Å². The molecule has 0 aliphatic carbocycles. The third kappa shape index (κ3) is 4.68. The number of carbonyl (C=O) groups is 1. The second-order valence-electron chi connectivity index (χ2n) is 6.63. The fourth-order valence-electron chi connectivity index (χ4n) is 3.08. The predicted molar refractivity (Wildman–Crippen MR) is 116 cm³/mol. The molecule has 1 N–H and O–H groups in total. The predicted octanol–water partition coefficient (Wildman–Crippen LogP) is 4.73. The van der Waals surface area contributed by atoms with Crippen LogP contribution in [0.1, 0.15) is 16.7 Å². The lowest BCUT2D eigenvalue weighted by Gasteiger charge is -2.10. The molecule has 3 aromatic carbocycles. The zero-order valence-corrected chi connectivity index (χ0v) is 15.9. The number of hydrogen-bond acceptors (Lipinski definition) is 2. The summed E-state index contributed by atoms with van der Waals surface area (Å²) in [6.07, 6.45) is 5.57. The lowest BCUT2D eigenvalue weighted by atomic mass is 10.0. The SMILES string of the molecule is O=C(NCc1ccc(-n2cccn2)cc1)C(=Cc1ccccc1)c1ccccc1. The van der Waals surface area contributed by atoms with E-state index < -0.39 is 0 Å². The quantitative estimate of drug-likeness (QED) is 0.389. The van der Waals surface area contributed by atoms with Gasteiger partial charge in [0.05, 0.1) is 5.69 Å². The van der Waals surface area contributed by atoms with Crippen molar-refractivity contribution in [3.63, 3.8) is 0 Å². The summed E-state index contributed by atoms with van der Waals surface area (Å²) in [5.41, 5.74) is 4.54. The molecule has 0 unspecified atom stereocenters. The van der Waals surface area contributed by atoms with Gasteiger partial charge in [-0.2, -0.15) is 5.10 Å². The van der Waals surface area contributed by atoms with Crippen LogP contribution in [0.15, 0.2) is 103 Å². The topological polar surface area (TPSA) is 46.9 Å². The summed E-state index contributed by atoms with van der Waals surface area (Å²) in [7, 11) is 0. The molecule has 4 nitrogen and oxygen atoms in total. The molecule has 0 aliphatic heterocycles. The van der Waals surface area contributed by atoms with E-state index in [0.29, 0.717) is 12.1 Å². The number of benzene rings is 3. The number of amides is 1. The van der Waals surface area contributed by atoms with E-state index in [1.165, 1.54) is 0 Å². The average Bonchev–Trinajstić information content (AvgIpc) is 3.32. The standard InChI is InChI=1S/C25H21N3O/c29-25(26-19-21-12-14-23(15-13-21)28-17-7-16-27-28)24(22-10-5-2-6-11-22)18-20-8-3-1-4-9-20/h1-18H,19H2,(H,26,29). The summed E-state index contributed by atoms with van der Waals surface area (Å²) in [4.78, 5) is 13.0. The maximum Gasteiger partial charge on any atom is 0.252 e. The number of nitrogens with one attached hydrogen (secondary N) is 1. The molecule has 0 radical (unpaired) electrons. The largest absolute Gasteiger partial charge is 0.348 e. The molecule has 4 aromatic rings. The fourth-order valence-corrected chi connectivity index (χ4v) is 3.08. The molecule has 0 saturated heterocycles. The first-order valence-electron chi connectivity index (χ1n) is 9.49. The Labute approximate surface area is 170 Å². The molecule has 29 heavy (non-hydrogen) atoms. The van der Waals surface area contributed by atoms with Crippen LogP contribution in [0.2, 0.25) is 0 Å². The maximum absolute atomic E-state index is 13.0. The van der Waals surface area contributed by atoms with Crippen molar-refractivity contribution in [3.8, 4) is 5.69 Å². The Hall–Kier alpha value is -3.92. The highest BCUT2D eigenvalue weighted by molar-refractivity contribution is 6.24. The van der Waals surface area contributed by atoms with E-state index in [1.807, 2.05) is 103 Å². The van der Waals surface area contributed by atoms with E-state index in [1.54, 1.807) is 10.9 Å². The van der Waals surface area contributed by atoms with Crippen molar-refractivity contribution in [2.45, 2.75) is 6.54 Å². The Balaban J connectivity index is 1.50. The van der Waals surface area contributed by atoms with Crippen LogP contribution >= 0.6 is 0 Å². The number of hydrogen-bond donors (Lipinski definition) is 1. The highest BCUT2D eigenvalue weighted by Gasteiger charge is 2.12. The van der Waals surface area contributed by atoms with Crippen LogP contribution in [-0.4, -0.2) is 15.7 Å². The molecular formula is C25H21N3O. The van der Waals surface area contributed by atoms with E-state index in [2.05, 4.69) is 10.4 Å². The minimum absolute atomic E-state index is 0.101. The first kappa shape index (κ1) is 18.4. The molecule has 0 aliphatic rings.